The molecule has 0 bridgehead atoms. The van der Waals surface area contributed by atoms with Crippen molar-refractivity contribution < 1.29 is 8.78 Å². The molecule has 0 spiro atoms. The van der Waals surface area contributed by atoms with Crippen molar-refractivity contribution in [2.24, 2.45) is 0 Å². The maximum absolute atomic E-state index is 12.4. The van der Waals surface area contributed by atoms with E-state index in [1.165, 1.54) is 12.1 Å². The van der Waals surface area contributed by atoms with Crippen LogP contribution in [0.2, 0.25) is 0 Å². The lowest BCUT2D eigenvalue weighted by atomic mass is 10.1. The number of halogens is 2. The summed E-state index contributed by atoms with van der Waals surface area (Å²) in [4.78, 5) is 0. The van der Waals surface area contributed by atoms with E-state index in [1.807, 2.05) is 0 Å². The third-order valence-electron chi connectivity index (χ3n) is 1.18. The summed E-state index contributed by atoms with van der Waals surface area (Å²) in [5.41, 5.74) is -0.0602. The zero-order chi connectivity index (χ0) is 7.61. The Balaban J connectivity index is 2.97. The monoisotopic (exact) mass is 141 g/mol. The van der Waals surface area contributed by atoms with Crippen LogP contribution in [0.5, 0.6) is 0 Å². The Bertz CT molecular complexity index is 198. The van der Waals surface area contributed by atoms with Gasteiger partial charge >= 0.3 is 0 Å². The molecule has 2 heteroatoms. The van der Waals surface area contributed by atoms with Gasteiger partial charge < -0.3 is 0 Å². The molecule has 1 aromatic rings. The molecule has 0 heterocycles. The third kappa shape index (κ3) is 1.53. The standard InChI is InChI=1S/C8H7F2/c1-8(9,10)7-5-3-2-4-6-7/h2-5H,1H3. The Hall–Kier alpha value is -0.920. The molecule has 0 saturated heterocycles. The molecule has 1 radical (unpaired) electrons. The number of alkyl halides is 2. The first-order chi connectivity index (χ1) is 4.61. The van der Waals surface area contributed by atoms with Gasteiger partial charge in [0.05, 0.1) is 0 Å². The van der Waals surface area contributed by atoms with Gasteiger partial charge in [0.2, 0.25) is 0 Å². The second kappa shape index (κ2) is 2.37. The Morgan fingerprint density at radius 1 is 1.40 bits per heavy atom. The summed E-state index contributed by atoms with van der Waals surface area (Å²) in [6.45, 7) is 0.860. The fourth-order valence-electron chi connectivity index (χ4n) is 0.666. The first kappa shape index (κ1) is 7.19. The third-order valence-corrected chi connectivity index (χ3v) is 1.18. The average Bonchev–Trinajstić information content (AvgIpc) is 1.88. The van der Waals surface area contributed by atoms with Crippen LogP contribution in [0, 0.1) is 6.07 Å². The molecule has 0 N–H and O–H groups in total. The van der Waals surface area contributed by atoms with Crippen molar-refractivity contribution in [3.8, 4) is 0 Å². The predicted octanol–water partition coefficient (Wildman–Crippen LogP) is 2.60. The van der Waals surface area contributed by atoms with Gasteiger partial charge in [0, 0.05) is 12.5 Å². The van der Waals surface area contributed by atoms with Crippen molar-refractivity contribution in [3.63, 3.8) is 0 Å². The maximum atomic E-state index is 12.4. The molecule has 0 unspecified atom stereocenters. The number of rotatable bonds is 1. The minimum absolute atomic E-state index is 0.0602. The predicted molar refractivity (Wildman–Crippen MR) is 34.8 cm³/mol. The highest BCUT2D eigenvalue weighted by Gasteiger charge is 2.23. The molecule has 0 saturated carbocycles. The Labute approximate surface area is 58.5 Å². The van der Waals surface area contributed by atoms with E-state index in [4.69, 9.17) is 0 Å². The normalized spacial score (nSPS) is 11.5. The van der Waals surface area contributed by atoms with Crippen molar-refractivity contribution in [1.82, 2.24) is 0 Å². The molecule has 1 aromatic carbocycles. The molecular weight excluding hydrogens is 134 g/mol. The average molecular weight is 141 g/mol. The van der Waals surface area contributed by atoms with Gasteiger partial charge in [-0.3, -0.25) is 0 Å². The Kier molecular flexibility index (Phi) is 1.70. The topological polar surface area (TPSA) is 0 Å². The highest BCUT2D eigenvalue weighted by molar-refractivity contribution is 5.17. The van der Waals surface area contributed by atoms with Crippen LogP contribution in [0.3, 0.4) is 0 Å². The molecule has 53 valence electrons. The van der Waals surface area contributed by atoms with E-state index in [1.54, 1.807) is 12.1 Å². The van der Waals surface area contributed by atoms with Gasteiger partial charge in [0.25, 0.3) is 5.92 Å². The van der Waals surface area contributed by atoms with Gasteiger partial charge in [-0.15, -0.1) is 0 Å². The zero-order valence-electron chi connectivity index (χ0n) is 5.57. The molecule has 0 fully saturated rings. The van der Waals surface area contributed by atoms with Crippen molar-refractivity contribution in [2.75, 3.05) is 0 Å². The molecule has 10 heavy (non-hydrogen) atoms. The SMILES string of the molecule is CC(F)(F)c1[c]cccc1. The van der Waals surface area contributed by atoms with Crippen LogP contribution < -0.4 is 0 Å². The maximum Gasteiger partial charge on any atom is 0.271 e. The van der Waals surface area contributed by atoms with E-state index in [-0.39, 0.29) is 5.56 Å². The molecule has 0 atom stereocenters. The van der Waals surface area contributed by atoms with Gasteiger partial charge in [-0.25, -0.2) is 8.78 Å². The van der Waals surface area contributed by atoms with E-state index in [2.05, 4.69) is 6.07 Å². The number of hydrogen-bond donors (Lipinski definition) is 0. The minimum atomic E-state index is -2.76. The molecule has 1 rings (SSSR count). The lowest BCUT2D eigenvalue weighted by Gasteiger charge is -2.08. The Morgan fingerprint density at radius 2 is 2.10 bits per heavy atom. The quantitative estimate of drug-likeness (QED) is 0.563. The van der Waals surface area contributed by atoms with Gasteiger partial charge in [-0.1, -0.05) is 24.3 Å². The van der Waals surface area contributed by atoms with Crippen LogP contribution in [0.25, 0.3) is 0 Å². The van der Waals surface area contributed by atoms with Gasteiger partial charge in [0.15, 0.2) is 0 Å². The summed E-state index contributed by atoms with van der Waals surface area (Å²) in [6, 6.07) is 8.53. The van der Waals surface area contributed by atoms with Crippen LogP contribution in [-0.2, 0) is 5.92 Å². The Morgan fingerprint density at radius 3 is 2.40 bits per heavy atom. The zero-order valence-corrected chi connectivity index (χ0v) is 5.57. The molecule has 0 aliphatic carbocycles. The summed E-state index contributed by atoms with van der Waals surface area (Å²) in [5, 5.41) is 0. The molecule has 0 amide bonds. The summed E-state index contributed by atoms with van der Waals surface area (Å²) < 4.78 is 24.8. The molecule has 0 aromatic heterocycles. The first-order valence-electron chi connectivity index (χ1n) is 2.96. The van der Waals surface area contributed by atoms with Crippen LogP contribution in [0.1, 0.15) is 12.5 Å². The summed E-state index contributed by atoms with van der Waals surface area (Å²) in [7, 11) is 0. The van der Waals surface area contributed by atoms with Crippen molar-refractivity contribution in [1.29, 1.82) is 0 Å². The molecular formula is C8H7F2. The van der Waals surface area contributed by atoms with E-state index >= 15 is 0 Å². The highest BCUT2D eigenvalue weighted by Crippen LogP contribution is 2.25. The molecule has 0 aliphatic heterocycles. The largest absolute Gasteiger partial charge is 0.271 e. The second-order valence-electron chi connectivity index (χ2n) is 2.16. The van der Waals surface area contributed by atoms with E-state index < -0.39 is 5.92 Å². The van der Waals surface area contributed by atoms with Gasteiger partial charge in [0.1, 0.15) is 0 Å². The minimum Gasteiger partial charge on any atom is -0.202 e. The van der Waals surface area contributed by atoms with Gasteiger partial charge in [-0.05, 0) is 6.07 Å². The smallest absolute Gasteiger partial charge is 0.202 e. The highest BCUT2D eigenvalue weighted by atomic mass is 19.3. The van der Waals surface area contributed by atoms with E-state index in [0.29, 0.717) is 0 Å². The van der Waals surface area contributed by atoms with E-state index in [0.717, 1.165) is 6.92 Å². The lowest BCUT2D eigenvalue weighted by Crippen LogP contribution is -2.05. The van der Waals surface area contributed by atoms with Crippen molar-refractivity contribution >= 4 is 0 Å². The van der Waals surface area contributed by atoms with Crippen molar-refractivity contribution in [2.45, 2.75) is 12.8 Å². The van der Waals surface area contributed by atoms with E-state index in [9.17, 15) is 8.78 Å². The lowest BCUT2D eigenvalue weighted by molar-refractivity contribution is 0.0172. The summed E-state index contributed by atoms with van der Waals surface area (Å²) in [6.07, 6.45) is 0. The van der Waals surface area contributed by atoms with Crippen LogP contribution in [-0.4, -0.2) is 0 Å². The first-order valence-corrected chi connectivity index (χ1v) is 2.96. The fraction of sp³-hybridized carbons (Fsp3) is 0.250. The second-order valence-corrected chi connectivity index (χ2v) is 2.16. The van der Waals surface area contributed by atoms with Crippen LogP contribution in [0.4, 0.5) is 8.78 Å². The molecule has 0 aliphatic rings. The van der Waals surface area contributed by atoms with Crippen LogP contribution in [0.15, 0.2) is 24.3 Å². The number of hydrogen-bond acceptors (Lipinski definition) is 0. The van der Waals surface area contributed by atoms with Gasteiger partial charge in [-0.2, -0.15) is 0 Å². The summed E-state index contributed by atoms with van der Waals surface area (Å²) >= 11 is 0. The number of benzene rings is 1. The van der Waals surface area contributed by atoms with Crippen molar-refractivity contribution in [3.05, 3.63) is 35.9 Å². The summed E-state index contributed by atoms with van der Waals surface area (Å²) in [5.74, 6) is -2.76. The van der Waals surface area contributed by atoms with Crippen LogP contribution >= 0.6 is 0 Å². The molecule has 0 nitrogen and oxygen atoms in total. The fourth-order valence-corrected chi connectivity index (χ4v) is 0.666.